The van der Waals surface area contributed by atoms with Crippen LogP contribution in [0.2, 0.25) is 0 Å². The van der Waals surface area contributed by atoms with Gasteiger partial charge in [0.1, 0.15) is 12.4 Å². The predicted octanol–water partition coefficient (Wildman–Crippen LogP) is 5.98. The number of rotatable bonds is 5. The summed E-state index contributed by atoms with van der Waals surface area (Å²) in [6.45, 7) is 2.59. The van der Waals surface area contributed by atoms with Gasteiger partial charge in [0.2, 0.25) is 0 Å². The minimum absolute atomic E-state index is 0.0917. The number of benzene rings is 3. The first-order valence-electron chi connectivity index (χ1n) is 9.21. The van der Waals surface area contributed by atoms with Crippen LogP contribution >= 0.6 is 24.0 Å². The number of thiocarbonyl (C=S) groups is 1. The van der Waals surface area contributed by atoms with E-state index in [-0.39, 0.29) is 5.91 Å². The van der Waals surface area contributed by atoms with E-state index in [0.717, 1.165) is 22.6 Å². The molecule has 0 unspecified atom stereocenters. The van der Waals surface area contributed by atoms with E-state index < -0.39 is 0 Å². The number of ether oxygens (including phenoxy) is 1. The van der Waals surface area contributed by atoms with E-state index in [4.69, 9.17) is 17.0 Å². The maximum atomic E-state index is 12.8. The maximum Gasteiger partial charge on any atom is 0.270 e. The van der Waals surface area contributed by atoms with Gasteiger partial charge < -0.3 is 4.74 Å². The Morgan fingerprint density at radius 3 is 2.48 bits per heavy atom. The number of thioether (sulfide) groups is 1. The van der Waals surface area contributed by atoms with Gasteiger partial charge >= 0.3 is 0 Å². The van der Waals surface area contributed by atoms with Crippen LogP contribution in [0.1, 0.15) is 16.7 Å². The fraction of sp³-hybridized carbons (Fsp3) is 0.0833. The van der Waals surface area contributed by atoms with Crippen molar-refractivity contribution < 1.29 is 9.53 Å². The van der Waals surface area contributed by atoms with Crippen LogP contribution in [0, 0.1) is 6.92 Å². The molecule has 3 aromatic rings. The van der Waals surface area contributed by atoms with Crippen molar-refractivity contribution >= 4 is 46.0 Å². The molecule has 1 aliphatic rings. The molecule has 1 heterocycles. The Labute approximate surface area is 180 Å². The predicted molar refractivity (Wildman–Crippen MR) is 124 cm³/mol. The van der Waals surface area contributed by atoms with Crippen LogP contribution in [-0.4, -0.2) is 10.2 Å². The first-order valence-corrected chi connectivity index (χ1v) is 10.4. The third-order valence-corrected chi connectivity index (χ3v) is 5.78. The minimum Gasteiger partial charge on any atom is -0.489 e. The number of carbonyl (C=O) groups is 1. The quantitative estimate of drug-likeness (QED) is 0.377. The normalized spacial score (nSPS) is 15.2. The molecule has 0 spiro atoms. The number of anilines is 1. The zero-order valence-electron chi connectivity index (χ0n) is 15.9. The van der Waals surface area contributed by atoms with Crippen molar-refractivity contribution in [1.82, 2.24) is 0 Å². The van der Waals surface area contributed by atoms with E-state index in [2.05, 4.69) is 25.1 Å². The third-order valence-electron chi connectivity index (χ3n) is 4.47. The summed E-state index contributed by atoms with van der Waals surface area (Å²) < 4.78 is 6.41. The Balaban J connectivity index is 1.45. The van der Waals surface area contributed by atoms with E-state index >= 15 is 0 Å². The van der Waals surface area contributed by atoms with Gasteiger partial charge in [-0.05, 0) is 48.4 Å². The Kier molecular flexibility index (Phi) is 5.79. The molecule has 4 rings (SSSR count). The molecule has 0 atom stereocenters. The van der Waals surface area contributed by atoms with Gasteiger partial charge in [-0.25, -0.2) is 0 Å². The van der Waals surface area contributed by atoms with E-state index in [1.165, 1.54) is 17.3 Å². The summed E-state index contributed by atoms with van der Waals surface area (Å²) in [5, 5.41) is 0. The van der Waals surface area contributed by atoms with Crippen molar-refractivity contribution in [3.05, 3.63) is 100 Å². The second-order valence-corrected chi connectivity index (χ2v) is 8.38. The molecular weight excluding hydrogens is 398 g/mol. The van der Waals surface area contributed by atoms with Gasteiger partial charge in [0.05, 0.1) is 10.6 Å². The summed E-state index contributed by atoms with van der Waals surface area (Å²) >= 11 is 6.73. The van der Waals surface area contributed by atoms with Gasteiger partial charge in [0.25, 0.3) is 5.91 Å². The van der Waals surface area contributed by atoms with Gasteiger partial charge in [-0.3, -0.25) is 9.69 Å². The van der Waals surface area contributed by atoms with Crippen molar-refractivity contribution in [3.63, 3.8) is 0 Å². The SMILES string of the molecule is Cc1cccc(COc2ccc(/C=C3/SC(=S)N(c4ccccc4)C3=O)cc2)c1. The summed E-state index contributed by atoms with van der Waals surface area (Å²) in [7, 11) is 0. The summed E-state index contributed by atoms with van der Waals surface area (Å²) in [6, 6.07) is 25.5. The van der Waals surface area contributed by atoms with Crippen LogP contribution in [0.5, 0.6) is 5.75 Å². The average Bonchev–Trinajstić information content (AvgIpc) is 3.01. The lowest BCUT2D eigenvalue weighted by Crippen LogP contribution is -2.27. The molecular formula is C24H19NO2S2. The number of aryl methyl sites for hydroxylation is 1. The van der Waals surface area contributed by atoms with Gasteiger partial charge in [-0.1, -0.05) is 84.1 Å². The first-order chi connectivity index (χ1) is 14.1. The smallest absolute Gasteiger partial charge is 0.270 e. The van der Waals surface area contributed by atoms with E-state index in [1.54, 1.807) is 4.90 Å². The molecule has 3 aromatic carbocycles. The molecule has 1 aliphatic heterocycles. The molecule has 1 amide bonds. The van der Waals surface area contributed by atoms with Crippen LogP contribution in [0.25, 0.3) is 6.08 Å². The Bertz CT molecular complexity index is 1080. The lowest BCUT2D eigenvalue weighted by Gasteiger charge is -2.13. The number of amides is 1. The number of para-hydroxylation sites is 1. The van der Waals surface area contributed by atoms with E-state index in [0.29, 0.717) is 15.8 Å². The number of carbonyl (C=O) groups excluding carboxylic acids is 1. The Hall–Kier alpha value is -2.89. The molecule has 0 saturated carbocycles. The second kappa shape index (κ2) is 8.64. The lowest BCUT2D eigenvalue weighted by atomic mass is 10.1. The van der Waals surface area contributed by atoms with Crippen molar-refractivity contribution in [2.45, 2.75) is 13.5 Å². The summed E-state index contributed by atoms with van der Waals surface area (Å²) in [5.41, 5.74) is 4.08. The largest absolute Gasteiger partial charge is 0.489 e. The highest BCUT2D eigenvalue weighted by atomic mass is 32.2. The highest BCUT2D eigenvalue weighted by Crippen LogP contribution is 2.36. The number of hydrogen-bond acceptors (Lipinski definition) is 4. The van der Waals surface area contributed by atoms with Gasteiger partial charge in [0.15, 0.2) is 4.32 Å². The molecule has 0 bridgehead atoms. The maximum absolute atomic E-state index is 12.8. The molecule has 5 heteroatoms. The molecule has 0 N–H and O–H groups in total. The summed E-state index contributed by atoms with van der Waals surface area (Å²) in [5.74, 6) is 0.700. The minimum atomic E-state index is -0.0917. The fourth-order valence-corrected chi connectivity index (χ4v) is 4.35. The van der Waals surface area contributed by atoms with Crippen LogP contribution < -0.4 is 9.64 Å². The third kappa shape index (κ3) is 4.58. The molecule has 1 fully saturated rings. The van der Waals surface area contributed by atoms with Crippen molar-refractivity contribution in [2.75, 3.05) is 4.90 Å². The van der Waals surface area contributed by atoms with Crippen LogP contribution in [0.3, 0.4) is 0 Å². The van der Waals surface area contributed by atoms with Crippen molar-refractivity contribution in [1.29, 1.82) is 0 Å². The summed E-state index contributed by atoms with van der Waals surface area (Å²) in [6.07, 6.45) is 1.87. The van der Waals surface area contributed by atoms with Crippen molar-refractivity contribution in [2.24, 2.45) is 0 Å². The lowest BCUT2D eigenvalue weighted by molar-refractivity contribution is -0.113. The molecule has 0 aromatic heterocycles. The number of nitrogens with zero attached hydrogens (tertiary/aromatic N) is 1. The van der Waals surface area contributed by atoms with Crippen LogP contribution in [-0.2, 0) is 11.4 Å². The molecule has 29 heavy (non-hydrogen) atoms. The molecule has 3 nitrogen and oxygen atoms in total. The van der Waals surface area contributed by atoms with Gasteiger partial charge in [-0.2, -0.15) is 0 Å². The standard InChI is InChI=1S/C24H19NO2S2/c1-17-6-5-7-19(14-17)16-27-21-12-10-18(11-13-21)15-22-23(26)25(24(28)29-22)20-8-3-2-4-9-20/h2-15H,16H2,1H3/b22-15+. The Morgan fingerprint density at radius 2 is 1.76 bits per heavy atom. The van der Waals surface area contributed by atoms with Crippen LogP contribution in [0.15, 0.2) is 83.8 Å². The van der Waals surface area contributed by atoms with Gasteiger partial charge in [0, 0.05) is 0 Å². The van der Waals surface area contributed by atoms with Crippen molar-refractivity contribution in [3.8, 4) is 5.75 Å². The molecule has 0 radical (unpaired) electrons. The van der Waals surface area contributed by atoms with Gasteiger partial charge in [-0.15, -0.1) is 0 Å². The molecule has 0 aliphatic carbocycles. The fourth-order valence-electron chi connectivity index (χ4n) is 3.05. The Morgan fingerprint density at radius 1 is 1.00 bits per heavy atom. The average molecular weight is 418 g/mol. The summed E-state index contributed by atoms with van der Waals surface area (Å²) in [4.78, 5) is 15.0. The van der Waals surface area contributed by atoms with E-state index in [1.807, 2.05) is 66.7 Å². The topological polar surface area (TPSA) is 29.5 Å². The number of hydrogen-bond donors (Lipinski definition) is 0. The van der Waals surface area contributed by atoms with E-state index in [9.17, 15) is 4.79 Å². The zero-order valence-corrected chi connectivity index (χ0v) is 17.5. The zero-order chi connectivity index (χ0) is 20.2. The highest BCUT2D eigenvalue weighted by molar-refractivity contribution is 8.27. The molecule has 1 saturated heterocycles. The monoisotopic (exact) mass is 417 g/mol. The highest BCUT2D eigenvalue weighted by Gasteiger charge is 2.33. The first kappa shape index (κ1) is 19.4. The molecule has 144 valence electrons. The van der Waals surface area contributed by atoms with Crippen LogP contribution in [0.4, 0.5) is 5.69 Å². The second-order valence-electron chi connectivity index (χ2n) is 6.70.